The third kappa shape index (κ3) is 3.01. The molecule has 1 aromatic heterocycles. The molecule has 0 amide bonds. The fourth-order valence-corrected chi connectivity index (χ4v) is 5.85. The van der Waals surface area contributed by atoms with Crippen molar-refractivity contribution in [2.45, 2.75) is 19.4 Å². The minimum Gasteiger partial charge on any atom is -0.399 e. The van der Waals surface area contributed by atoms with Crippen LogP contribution in [0.15, 0.2) is 64.7 Å². The van der Waals surface area contributed by atoms with Gasteiger partial charge in [0.15, 0.2) is 5.41 Å². The van der Waals surface area contributed by atoms with Crippen molar-refractivity contribution in [1.29, 1.82) is 15.8 Å². The van der Waals surface area contributed by atoms with Crippen molar-refractivity contribution in [2.75, 3.05) is 13.1 Å². The van der Waals surface area contributed by atoms with Crippen LogP contribution in [0.2, 0.25) is 0 Å². The summed E-state index contributed by atoms with van der Waals surface area (Å²) in [4.78, 5) is 3.30. The maximum atomic E-state index is 10.2. The molecule has 0 saturated carbocycles. The third-order valence-corrected chi connectivity index (χ3v) is 7.28. The Hall–Kier alpha value is -3.37. The number of rotatable bonds is 3. The molecule has 30 heavy (non-hydrogen) atoms. The molecule has 0 bridgehead atoms. The Balaban J connectivity index is 1.85. The van der Waals surface area contributed by atoms with E-state index in [1.807, 2.05) is 36.6 Å². The molecular weight excluding hydrogens is 390 g/mol. The Kier molecular flexibility index (Phi) is 5.18. The van der Waals surface area contributed by atoms with Gasteiger partial charge in [0.05, 0.1) is 23.4 Å². The second kappa shape index (κ2) is 7.81. The van der Waals surface area contributed by atoms with Gasteiger partial charge in [-0.1, -0.05) is 36.4 Å². The van der Waals surface area contributed by atoms with E-state index in [0.717, 1.165) is 22.6 Å². The van der Waals surface area contributed by atoms with Gasteiger partial charge in [0, 0.05) is 36.3 Å². The molecular formula is C24H21N5S. The molecule has 148 valence electrons. The molecule has 0 spiro atoms. The first-order chi connectivity index (χ1) is 14.6. The van der Waals surface area contributed by atoms with Gasteiger partial charge in [-0.25, -0.2) is 0 Å². The van der Waals surface area contributed by atoms with E-state index in [1.165, 1.54) is 5.56 Å². The fraction of sp³-hybridized carbons (Fsp3) is 0.292. The average Bonchev–Trinajstić information content (AvgIpc) is 3.19. The van der Waals surface area contributed by atoms with Crippen LogP contribution in [0.4, 0.5) is 0 Å². The Morgan fingerprint density at radius 2 is 1.90 bits per heavy atom. The molecule has 2 N–H and O–H groups in total. The predicted octanol–water partition coefficient (Wildman–Crippen LogP) is 3.98. The van der Waals surface area contributed by atoms with Gasteiger partial charge in [-0.15, -0.1) is 11.3 Å². The fourth-order valence-electron chi connectivity index (χ4n) is 4.69. The van der Waals surface area contributed by atoms with Crippen molar-refractivity contribution >= 4 is 11.3 Å². The zero-order chi connectivity index (χ0) is 21.3. The number of nitrogens with zero attached hydrogens (tertiary/aromatic N) is 4. The standard InChI is InChI=1S/C24H21N5S/c1-16-8-10-30-22(16)21-20-13-29(12-17-5-3-2-4-6-17)9-7-18(20)19(11-25)23(28)24(21,14-26)15-27/h2-8,10,20-21H,9,12-13,28H2,1H3/t20-,21-/m0/s1. The highest BCUT2D eigenvalue weighted by atomic mass is 32.1. The largest absolute Gasteiger partial charge is 0.399 e. The lowest BCUT2D eigenvalue weighted by atomic mass is 9.59. The molecule has 5 nitrogen and oxygen atoms in total. The lowest BCUT2D eigenvalue weighted by molar-refractivity contribution is 0.202. The molecule has 1 aromatic carbocycles. The van der Waals surface area contributed by atoms with Crippen LogP contribution in [-0.4, -0.2) is 18.0 Å². The lowest BCUT2D eigenvalue weighted by Crippen LogP contribution is -2.47. The molecule has 2 aliphatic rings. The second-order valence-electron chi connectivity index (χ2n) is 7.82. The van der Waals surface area contributed by atoms with Gasteiger partial charge < -0.3 is 5.73 Å². The maximum absolute atomic E-state index is 10.2. The number of fused-ring (bicyclic) bond motifs is 1. The Labute approximate surface area is 180 Å². The Morgan fingerprint density at radius 3 is 2.50 bits per heavy atom. The van der Waals surface area contributed by atoms with Gasteiger partial charge in [-0.05, 0) is 35.1 Å². The molecule has 0 saturated heterocycles. The van der Waals surface area contributed by atoms with Crippen LogP contribution in [0.5, 0.6) is 0 Å². The molecule has 0 fully saturated rings. The van der Waals surface area contributed by atoms with Gasteiger partial charge >= 0.3 is 0 Å². The normalized spacial score (nSPS) is 22.9. The van der Waals surface area contributed by atoms with Gasteiger partial charge in [-0.2, -0.15) is 15.8 Å². The van der Waals surface area contributed by atoms with E-state index in [0.29, 0.717) is 18.7 Å². The number of aryl methyl sites for hydroxylation is 1. The van der Waals surface area contributed by atoms with Gasteiger partial charge in [0.2, 0.25) is 0 Å². The number of thiophene rings is 1. The number of benzene rings is 1. The van der Waals surface area contributed by atoms with Gasteiger partial charge in [-0.3, -0.25) is 4.90 Å². The first-order valence-corrected chi connectivity index (χ1v) is 10.7. The molecule has 0 unspecified atom stereocenters. The molecule has 4 rings (SSSR count). The molecule has 2 atom stereocenters. The number of nitrogens with two attached hydrogens (primary N) is 1. The minimum atomic E-state index is -1.56. The van der Waals surface area contributed by atoms with Crippen LogP contribution >= 0.6 is 11.3 Å². The predicted molar refractivity (Wildman–Crippen MR) is 116 cm³/mol. The van der Waals surface area contributed by atoms with Crippen LogP contribution in [0.3, 0.4) is 0 Å². The molecule has 6 heteroatoms. The summed E-state index contributed by atoms with van der Waals surface area (Å²) in [6.45, 7) is 4.12. The SMILES string of the molecule is Cc1ccsc1[C@@H]1[C@H]2CN(Cc3ccccc3)CC=C2C(C#N)=C(N)C1(C#N)C#N. The summed E-state index contributed by atoms with van der Waals surface area (Å²) >= 11 is 1.55. The molecule has 2 heterocycles. The zero-order valence-corrected chi connectivity index (χ0v) is 17.5. The van der Waals surface area contributed by atoms with Crippen molar-refractivity contribution in [3.63, 3.8) is 0 Å². The van der Waals surface area contributed by atoms with Crippen LogP contribution in [-0.2, 0) is 6.54 Å². The third-order valence-electron chi connectivity index (χ3n) is 6.17. The quantitative estimate of drug-likeness (QED) is 0.823. The van der Waals surface area contributed by atoms with E-state index in [-0.39, 0.29) is 11.6 Å². The van der Waals surface area contributed by atoms with E-state index >= 15 is 0 Å². The number of hydrogen-bond donors (Lipinski definition) is 1. The summed E-state index contributed by atoms with van der Waals surface area (Å²) in [6.07, 6.45) is 2.05. The lowest BCUT2D eigenvalue weighted by Gasteiger charge is -2.45. The van der Waals surface area contributed by atoms with E-state index in [4.69, 9.17) is 5.73 Å². The number of nitriles is 3. The summed E-state index contributed by atoms with van der Waals surface area (Å²) in [5.74, 6) is -0.560. The van der Waals surface area contributed by atoms with Crippen LogP contribution < -0.4 is 5.73 Å². The van der Waals surface area contributed by atoms with Crippen molar-refractivity contribution in [1.82, 2.24) is 4.90 Å². The smallest absolute Gasteiger partial charge is 0.192 e. The minimum absolute atomic E-state index is 0.0896. The molecule has 0 radical (unpaired) electrons. The molecule has 2 aromatic rings. The van der Waals surface area contributed by atoms with Crippen molar-refractivity contribution in [3.05, 3.63) is 80.7 Å². The highest BCUT2D eigenvalue weighted by Gasteiger charge is 2.55. The van der Waals surface area contributed by atoms with Crippen LogP contribution in [0, 0.1) is 52.2 Å². The monoisotopic (exact) mass is 411 g/mol. The van der Waals surface area contributed by atoms with Crippen molar-refractivity contribution in [3.8, 4) is 18.2 Å². The first kappa shape index (κ1) is 19.9. The van der Waals surface area contributed by atoms with Crippen molar-refractivity contribution in [2.24, 2.45) is 17.1 Å². The second-order valence-corrected chi connectivity index (χ2v) is 8.77. The molecule has 1 aliphatic heterocycles. The van der Waals surface area contributed by atoms with Gasteiger partial charge in [0.1, 0.15) is 6.07 Å². The topological polar surface area (TPSA) is 101 Å². The van der Waals surface area contributed by atoms with E-state index in [2.05, 4.69) is 41.3 Å². The maximum Gasteiger partial charge on any atom is 0.192 e. The molecule has 1 aliphatic carbocycles. The summed E-state index contributed by atoms with van der Waals surface area (Å²) < 4.78 is 0. The van der Waals surface area contributed by atoms with Gasteiger partial charge in [0.25, 0.3) is 0 Å². The number of hydrogen-bond acceptors (Lipinski definition) is 6. The average molecular weight is 412 g/mol. The van der Waals surface area contributed by atoms with E-state index in [1.54, 1.807) is 11.3 Å². The highest BCUT2D eigenvalue weighted by Crippen LogP contribution is 2.55. The summed E-state index contributed by atoms with van der Waals surface area (Å²) in [5, 5.41) is 32.1. The van der Waals surface area contributed by atoms with E-state index < -0.39 is 11.3 Å². The first-order valence-electron chi connectivity index (χ1n) is 9.79. The zero-order valence-electron chi connectivity index (χ0n) is 16.7. The highest BCUT2D eigenvalue weighted by molar-refractivity contribution is 7.10. The summed E-state index contributed by atoms with van der Waals surface area (Å²) in [6, 6.07) is 18.8. The summed E-state index contributed by atoms with van der Waals surface area (Å²) in [5.41, 5.74) is 8.32. The van der Waals surface area contributed by atoms with Crippen LogP contribution in [0.25, 0.3) is 0 Å². The van der Waals surface area contributed by atoms with Crippen LogP contribution in [0.1, 0.15) is 21.9 Å². The number of allylic oxidation sites excluding steroid dienone is 2. The summed E-state index contributed by atoms with van der Waals surface area (Å²) in [7, 11) is 0. The van der Waals surface area contributed by atoms with Crippen molar-refractivity contribution < 1.29 is 0 Å². The Morgan fingerprint density at radius 1 is 1.17 bits per heavy atom. The Bertz CT molecular complexity index is 1140. The van der Waals surface area contributed by atoms with E-state index in [9.17, 15) is 15.8 Å².